The predicted molar refractivity (Wildman–Crippen MR) is 68.5 cm³/mol. The zero-order chi connectivity index (χ0) is 14.0. The summed E-state index contributed by atoms with van der Waals surface area (Å²) in [6.07, 6.45) is 0.321. The normalized spacial score (nSPS) is 15.7. The Kier molecular flexibility index (Phi) is 3.87. The molecule has 2 amide bonds. The van der Waals surface area contributed by atoms with E-state index in [1.807, 2.05) is 13.8 Å². The van der Waals surface area contributed by atoms with Gasteiger partial charge in [-0.15, -0.1) is 0 Å². The van der Waals surface area contributed by atoms with Gasteiger partial charge in [-0.3, -0.25) is 9.59 Å². The number of carbonyl (C=O) groups excluding carboxylic acids is 2. The number of rotatable bonds is 2. The second kappa shape index (κ2) is 5.42. The minimum atomic E-state index is 0.0672. The smallest absolute Gasteiger partial charge is 0.227 e. The average Bonchev–Trinajstić information content (AvgIpc) is 2.70. The molecule has 0 spiro atoms. The van der Waals surface area contributed by atoms with Gasteiger partial charge in [0.2, 0.25) is 11.8 Å². The van der Waals surface area contributed by atoms with Crippen molar-refractivity contribution < 1.29 is 14.1 Å². The van der Waals surface area contributed by atoms with Crippen LogP contribution in [0, 0.1) is 13.8 Å². The number of piperazine rings is 1. The zero-order valence-corrected chi connectivity index (χ0v) is 11.6. The number of hydrogen-bond donors (Lipinski definition) is 0. The third-order valence-electron chi connectivity index (χ3n) is 3.59. The Labute approximate surface area is 112 Å². The minimum Gasteiger partial charge on any atom is -0.361 e. The summed E-state index contributed by atoms with van der Waals surface area (Å²) in [5.41, 5.74) is 1.65. The molecule has 1 aliphatic heterocycles. The summed E-state index contributed by atoms with van der Waals surface area (Å²) in [7, 11) is 0. The van der Waals surface area contributed by atoms with Crippen LogP contribution in [0.1, 0.15) is 23.9 Å². The first-order valence-electron chi connectivity index (χ1n) is 6.44. The van der Waals surface area contributed by atoms with E-state index in [1.54, 1.807) is 16.7 Å². The second-order valence-electron chi connectivity index (χ2n) is 4.87. The van der Waals surface area contributed by atoms with Crippen molar-refractivity contribution in [3.8, 4) is 0 Å². The maximum Gasteiger partial charge on any atom is 0.227 e. The molecule has 2 heterocycles. The van der Waals surface area contributed by atoms with Crippen molar-refractivity contribution in [1.82, 2.24) is 15.0 Å². The van der Waals surface area contributed by atoms with Gasteiger partial charge in [-0.1, -0.05) is 5.16 Å². The van der Waals surface area contributed by atoms with E-state index >= 15 is 0 Å². The highest BCUT2D eigenvalue weighted by Crippen LogP contribution is 2.14. The van der Waals surface area contributed by atoms with Gasteiger partial charge in [-0.25, -0.2) is 0 Å². The predicted octanol–water partition coefficient (Wildman–Crippen LogP) is 0.525. The lowest BCUT2D eigenvalue weighted by molar-refractivity contribution is -0.138. The van der Waals surface area contributed by atoms with Crippen LogP contribution in [-0.2, 0) is 16.0 Å². The first kappa shape index (κ1) is 13.6. The Morgan fingerprint density at radius 2 is 1.74 bits per heavy atom. The Hall–Kier alpha value is -1.85. The second-order valence-corrected chi connectivity index (χ2v) is 4.87. The molecule has 0 bridgehead atoms. The largest absolute Gasteiger partial charge is 0.361 e. The molecule has 6 nitrogen and oxygen atoms in total. The van der Waals surface area contributed by atoms with Crippen molar-refractivity contribution in [1.29, 1.82) is 0 Å². The molecule has 0 unspecified atom stereocenters. The standard InChI is InChI=1S/C13H19N3O3/c1-9-12(10(2)19-14-9)8-13(18)16-6-4-15(5-7-16)11(3)17/h4-8H2,1-3H3. The molecule has 0 atom stereocenters. The monoisotopic (exact) mass is 265 g/mol. The molecule has 0 aromatic carbocycles. The molecule has 0 N–H and O–H groups in total. The molecule has 2 rings (SSSR count). The molecule has 0 aliphatic carbocycles. The molecule has 1 aromatic heterocycles. The van der Waals surface area contributed by atoms with Crippen LogP contribution in [-0.4, -0.2) is 52.9 Å². The van der Waals surface area contributed by atoms with Crippen molar-refractivity contribution in [3.05, 3.63) is 17.0 Å². The Morgan fingerprint density at radius 1 is 1.16 bits per heavy atom. The summed E-state index contributed by atoms with van der Waals surface area (Å²) in [5.74, 6) is 0.837. The average molecular weight is 265 g/mol. The third-order valence-corrected chi connectivity index (χ3v) is 3.59. The topological polar surface area (TPSA) is 66.7 Å². The number of amides is 2. The van der Waals surface area contributed by atoms with Gasteiger partial charge in [-0.2, -0.15) is 0 Å². The van der Waals surface area contributed by atoms with Crippen molar-refractivity contribution in [2.45, 2.75) is 27.2 Å². The van der Waals surface area contributed by atoms with Gasteiger partial charge < -0.3 is 14.3 Å². The fourth-order valence-electron chi connectivity index (χ4n) is 2.29. The molecule has 1 aromatic rings. The molecule has 0 saturated carbocycles. The molecule has 104 valence electrons. The maximum absolute atomic E-state index is 12.2. The number of aromatic nitrogens is 1. The molecular formula is C13H19N3O3. The summed E-state index contributed by atoms with van der Waals surface area (Å²) in [5, 5.41) is 3.85. The molecule has 6 heteroatoms. The quantitative estimate of drug-likeness (QED) is 0.782. The fourth-order valence-corrected chi connectivity index (χ4v) is 2.29. The Balaban J connectivity index is 1.93. The van der Waals surface area contributed by atoms with E-state index in [0.29, 0.717) is 38.4 Å². The Bertz CT molecular complexity index is 468. The van der Waals surface area contributed by atoms with Gasteiger partial charge >= 0.3 is 0 Å². The van der Waals surface area contributed by atoms with Crippen molar-refractivity contribution in [3.63, 3.8) is 0 Å². The van der Waals surface area contributed by atoms with Crippen LogP contribution in [0.4, 0.5) is 0 Å². The van der Waals surface area contributed by atoms with Crippen LogP contribution in [0.5, 0.6) is 0 Å². The van der Waals surface area contributed by atoms with Gasteiger partial charge in [0.15, 0.2) is 0 Å². The highest BCUT2D eigenvalue weighted by Gasteiger charge is 2.24. The molecule has 19 heavy (non-hydrogen) atoms. The lowest BCUT2D eigenvalue weighted by Crippen LogP contribution is -2.50. The van der Waals surface area contributed by atoms with Crippen LogP contribution >= 0.6 is 0 Å². The van der Waals surface area contributed by atoms with Gasteiger partial charge in [-0.05, 0) is 13.8 Å². The first-order valence-corrected chi connectivity index (χ1v) is 6.44. The first-order chi connectivity index (χ1) is 8.99. The van der Waals surface area contributed by atoms with E-state index in [2.05, 4.69) is 5.16 Å². The lowest BCUT2D eigenvalue weighted by Gasteiger charge is -2.34. The van der Waals surface area contributed by atoms with E-state index in [9.17, 15) is 9.59 Å². The third kappa shape index (κ3) is 2.94. The van der Waals surface area contributed by atoms with Crippen molar-refractivity contribution in [2.75, 3.05) is 26.2 Å². The highest BCUT2D eigenvalue weighted by molar-refractivity contribution is 5.80. The minimum absolute atomic E-state index is 0.0672. The van der Waals surface area contributed by atoms with Gasteiger partial charge in [0.25, 0.3) is 0 Å². The lowest BCUT2D eigenvalue weighted by atomic mass is 10.1. The van der Waals surface area contributed by atoms with E-state index in [1.165, 1.54) is 0 Å². The van der Waals surface area contributed by atoms with Gasteiger partial charge in [0.1, 0.15) is 5.76 Å². The SMILES string of the molecule is CC(=O)N1CCN(C(=O)Cc2c(C)noc2C)CC1. The molecule has 1 fully saturated rings. The van der Waals surface area contributed by atoms with Gasteiger partial charge in [0.05, 0.1) is 12.1 Å². The number of hydrogen-bond acceptors (Lipinski definition) is 4. The molecule has 1 aliphatic rings. The van der Waals surface area contributed by atoms with E-state index in [0.717, 1.165) is 11.3 Å². The fraction of sp³-hybridized carbons (Fsp3) is 0.615. The zero-order valence-electron chi connectivity index (χ0n) is 11.6. The van der Waals surface area contributed by atoms with Crippen molar-refractivity contribution >= 4 is 11.8 Å². The van der Waals surface area contributed by atoms with Crippen LogP contribution in [0.15, 0.2) is 4.52 Å². The molecule has 1 saturated heterocycles. The van der Waals surface area contributed by atoms with Crippen LogP contribution < -0.4 is 0 Å². The van der Waals surface area contributed by atoms with E-state index < -0.39 is 0 Å². The summed E-state index contributed by atoms with van der Waals surface area (Å²) in [4.78, 5) is 27.0. The van der Waals surface area contributed by atoms with Crippen LogP contribution in [0.25, 0.3) is 0 Å². The number of aryl methyl sites for hydroxylation is 2. The molecule has 0 radical (unpaired) electrons. The summed E-state index contributed by atoms with van der Waals surface area (Å²) < 4.78 is 5.06. The van der Waals surface area contributed by atoms with Gasteiger partial charge in [0, 0.05) is 38.7 Å². The van der Waals surface area contributed by atoms with Crippen molar-refractivity contribution in [2.24, 2.45) is 0 Å². The van der Waals surface area contributed by atoms with E-state index in [-0.39, 0.29) is 11.8 Å². The van der Waals surface area contributed by atoms with E-state index in [4.69, 9.17) is 4.52 Å². The van der Waals surface area contributed by atoms with Crippen LogP contribution in [0.3, 0.4) is 0 Å². The highest BCUT2D eigenvalue weighted by atomic mass is 16.5. The number of nitrogens with zero attached hydrogens (tertiary/aromatic N) is 3. The Morgan fingerprint density at radius 3 is 2.21 bits per heavy atom. The summed E-state index contributed by atoms with van der Waals surface area (Å²) in [6, 6.07) is 0. The summed E-state index contributed by atoms with van der Waals surface area (Å²) in [6.45, 7) is 7.64. The maximum atomic E-state index is 12.2. The van der Waals surface area contributed by atoms with Crippen LogP contribution in [0.2, 0.25) is 0 Å². The number of carbonyl (C=O) groups is 2. The summed E-state index contributed by atoms with van der Waals surface area (Å²) >= 11 is 0. The molecular weight excluding hydrogens is 246 g/mol.